The minimum absolute atomic E-state index is 0.0677. The van der Waals surface area contributed by atoms with Crippen molar-refractivity contribution in [2.24, 2.45) is 17.8 Å². The third-order valence-corrected chi connectivity index (χ3v) is 5.58. The maximum Gasteiger partial charge on any atom is 0.261 e. The first-order chi connectivity index (χ1) is 8.22. The Hall–Kier alpha value is -0.480. The van der Waals surface area contributed by atoms with Crippen molar-refractivity contribution < 1.29 is 4.79 Å². The highest BCUT2D eigenvalue weighted by molar-refractivity contribution is 7.80. The zero-order chi connectivity index (χ0) is 11.8. The van der Waals surface area contributed by atoms with Gasteiger partial charge >= 0.3 is 0 Å². The van der Waals surface area contributed by atoms with Crippen molar-refractivity contribution in [1.82, 2.24) is 5.32 Å². The first-order valence-electron chi connectivity index (χ1n) is 6.28. The van der Waals surface area contributed by atoms with E-state index in [4.69, 9.17) is 0 Å². The summed E-state index contributed by atoms with van der Waals surface area (Å²) in [5.41, 5.74) is 0. The van der Waals surface area contributed by atoms with Gasteiger partial charge in [0.05, 0.1) is 4.88 Å². The molecular weight excluding hydrogens is 250 g/mol. The molecule has 1 heterocycles. The van der Waals surface area contributed by atoms with Gasteiger partial charge in [0.1, 0.15) is 0 Å². The van der Waals surface area contributed by atoms with Crippen LogP contribution < -0.4 is 5.32 Å². The fourth-order valence-corrected chi connectivity index (χ4v) is 4.45. The van der Waals surface area contributed by atoms with E-state index in [9.17, 15) is 4.79 Å². The summed E-state index contributed by atoms with van der Waals surface area (Å²) in [5, 5.41) is 4.97. The van der Waals surface area contributed by atoms with E-state index in [-0.39, 0.29) is 5.91 Å². The van der Waals surface area contributed by atoms with E-state index in [0.29, 0.717) is 0 Å². The van der Waals surface area contributed by atoms with E-state index in [1.54, 1.807) is 0 Å². The third kappa shape index (κ3) is 2.38. The zero-order valence-electron chi connectivity index (χ0n) is 9.69. The number of hydrogen-bond acceptors (Lipinski definition) is 3. The van der Waals surface area contributed by atoms with E-state index < -0.39 is 0 Å². The molecule has 1 aromatic heterocycles. The maximum atomic E-state index is 11.9. The molecule has 0 radical (unpaired) electrons. The van der Waals surface area contributed by atoms with Crippen LogP contribution in [-0.2, 0) is 0 Å². The molecule has 1 amide bonds. The third-order valence-electron chi connectivity index (χ3n) is 4.22. The predicted octanol–water partition coefficient (Wildman–Crippen LogP) is 3.20. The van der Waals surface area contributed by atoms with Gasteiger partial charge < -0.3 is 5.32 Å². The number of carbonyl (C=O) groups is 1. The van der Waals surface area contributed by atoms with Crippen LogP contribution in [0.2, 0.25) is 0 Å². The molecule has 2 nitrogen and oxygen atoms in total. The van der Waals surface area contributed by atoms with Crippen molar-refractivity contribution >= 4 is 29.9 Å². The first kappa shape index (κ1) is 11.6. The van der Waals surface area contributed by atoms with Gasteiger partial charge in [-0.2, -0.15) is 0 Å². The minimum Gasteiger partial charge on any atom is -0.351 e. The smallest absolute Gasteiger partial charge is 0.261 e. The molecule has 0 aromatic carbocycles. The lowest BCUT2D eigenvalue weighted by atomic mass is 9.89. The number of thiophene rings is 1. The molecule has 2 bridgehead atoms. The highest BCUT2D eigenvalue weighted by atomic mass is 32.1. The molecule has 2 aliphatic rings. The number of rotatable bonds is 3. The number of nitrogens with one attached hydrogen (secondary N) is 1. The van der Waals surface area contributed by atoms with Gasteiger partial charge in [0.15, 0.2) is 0 Å². The first-order valence-corrected chi connectivity index (χ1v) is 7.61. The van der Waals surface area contributed by atoms with E-state index in [1.165, 1.54) is 37.0 Å². The van der Waals surface area contributed by atoms with Crippen molar-refractivity contribution in [3.05, 3.63) is 16.3 Å². The SMILES string of the molecule is O=C(NCC1CC2CCC1C2)c1cc(S)cs1. The molecule has 0 saturated heterocycles. The summed E-state index contributed by atoms with van der Waals surface area (Å²) in [6.07, 6.45) is 5.53. The average Bonchev–Trinajstić information content (AvgIpc) is 3.01. The van der Waals surface area contributed by atoms with Gasteiger partial charge in [-0.25, -0.2) is 0 Å². The van der Waals surface area contributed by atoms with Gasteiger partial charge in [0.25, 0.3) is 5.91 Å². The lowest BCUT2D eigenvalue weighted by Crippen LogP contribution is -2.31. The van der Waals surface area contributed by atoms with Crippen LogP contribution >= 0.6 is 24.0 Å². The van der Waals surface area contributed by atoms with Crippen molar-refractivity contribution in [1.29, 1.82) is 0 Å². The Bertz CT molecular complexity index is 429. The normalized spacial score (nSPS) is 30.8. The van der Waals surface area contributed by atoms with Gasteiger partial charge in [-0.3, -0.25) is 4.79 Å². The highest BCUT2D eigenvalue weighted by Crippen LogP contribution is 2.47. The number of amides is 1. The summed E-state index contributed by atoms with van der Waals surface area (Å²) >= 11 is 5.69. The van der Waals surface area contributed by atoms with Gasteiger partial charge in [-0.15, -0.1) is 24.0 Å². The Kier molecular flexibility index (Phi) is 3.17. The van der Waals surface area contributed by atoms with Crippen LogP contribution in [0.4, 0.5) is 0 Å². The van der Waals surface area contributed by atoms with Crippen LogP contribution in [0.5, 0.6) is 0 Å². The van der Waals surface area contributed by atoms with Gasteiger partial charge in [-0.1, -0.05) is 6.42 Å². The van der Waals surface area contributed by atoms with Crippen molar-refractivity contribution in [3.63, 3.8) is 0 Å². The number of fused-ring (bicyclic) bond motifs is 2. The Morgan fingerprint density at radius 3 is 2.94 bits per heavy atom. The molecule has 0 spiro atoms. The molecule has 1 aromatic rings. The van der Waals surface area contributed by atoms with Crippen LogP contribution in [0.25, 0.3) is 0 Å². The Labute approximate surface area is 111 Å². The fraction of sp³-hybridized carbons (Fsp3) is 0.615. The topological polar surface area (TPSA) is 29.1 Å². The van der Waals surface area contributed by atoms with E-state index in [2.05, 4.69) is 17.9 Å². The lowest BCUT2D eigenvalue weighted by molar-refractivity contribution is 0.0945. The summed E-state index contributed by atoms with van der Waals surface area (Å²) in [6, 6.07) is 1.84. The number of hydrogen-bond donors (Lipinski definition) is 2. The van der Waals surface area contributed by atoms with E-state index in [0.717, 1.165) is 34.1 Å². The van der Waals surface area contributed by atoms with Gasteiger partial charge in [0, 0.05) is 16.8 Å². The molecule has 3 atom stereocenters. The Balaban J connectivity index is 1.53. The van der Waals surface area contributed by atoms with Gasteiger partial charge in [0.2, 0.25) is 0 Å². The number of carbonyl (C=O) groups excluding carboxylic acids is 1. The van der Waals surface area contributed by atoms with Crippen LogP contribution in [0.1, 0.15) is 35.4 Å². The average molecular weight is 267 g/mol. The Morgan fingerprint density at radius 2 is 2.35 bits per heavy atom. The predicted molar refractivity (Wildman–Crippen MR) is 72.8 cm³/mol. The van der Waals surface area contributed by atoms with E-state index >= 15 is 0 Å². The van der Waals surface area contributed by atoms with Crippen molar-refractivity contribution in [2.75, 3.05) is 6.54 Å². The number of thiol groups is 1. The largest absolute Gasteiger partial charge is 0.351 e. The quantitative estimate of drug-likeness (QED) is 0.809. The van der Waals surface area contributed by atoms with Gasteiger partial charge in [-0.05, 0) is 43.1 Å². The molecule has 4 heteroatoms. The zero-order valence-corrected chi connectivity index (χ0v) is 11.4. The van der Waals surface area contributed by atoms with Crippen LogP contribution in [0.3, 0.4) is 0 Å². The second kappa shape index (κ2) is 4.65. The molecule has 2 fully saturated rings. The highest BCUT2D eigenvalue weighted by Gasteiger charge is 2.39. The molecule has 92 valence electrons. The fourth-order valence-electron chi connectivity index (χ4n) is 3.38. The summed E-state index contributed by atoms with van der Waals surface area (Å²) in [6.45, 7) is 0.861. The molecular formula is C13H17NOS2. The van der Waals surface area contributed by atoms with Crippen molar-refractivity contribution in [3.8, 4) is 0 Å². The summed E-state index contributed by atoms with van der Waals surface area (Å²) in [7, 11) is 0. The second-order valence-electron chi connectivity index (χ2n) is 5.31. The molecule has 0 aliphatic heterocycles. The molecule has 2 aliphatic carbocycles. The Morgan fingerprint density at radius 1 is 1.47 bits per heavy atom. The van der Waals surface area contributed by atoms with Crippen LogP contribution in [0, 0.1) is 17.8 Å². The van der Waals surface area contributed by atoms with Crippen LogP contribution in [-0.4, -0.2) is 12.5 Å². The maximum absolute atomic E-state index is 11.9. The molecule has 3 rings (SSSR count). The molecule has 17 heavy (non-hydrogen) atoms. The molecule has 3 unspecified atom stereocenters. The standard InChI is InChI=1S/C13H17NOS2/c15-13(12-5-11(16)7-17-12)14-6-10-4-8-1-2-9(10)3-8/h5,7-10,16H,1-4,6H2,(H,14,15). The molecule has 1 N–H and O–H groups in total. The molecule has 2 saturated carbocycles. The minimum atomic E-state index is 0.0677. The second-order valence-corrected chi connectivity index (χ2v) is 6.74. The van der Waals surface area contributed by atoms with E-state index in [1.807, 2.05) is 11.4 Å². The van der Waals surface area contributed by atoms with Crippen LogP contribution in [0.15, 0.2) is 16.3 Å². The summed E-state index contributed by atoms with van der Waals surface area (Å²) in [4.78, 5) is 13.5. The lowest BCUT2D eigenvalue weighted by Gasteiger charge is -2.21. The van der Waals surface area contributed by atoms with Crippen molar-refractivity contribution in [2.45, 2.75) is 30.6 Å². The summed E-state index contributed by atoms with van der Waals surface area (Å²) < 4.78 is 0. The monoisotopic (exact) mass is 267 g/mol. The summed E-state index contributed by atoms with van der Waals surface area (Å²) in [5.74, 6) is 2.63.